The fraction of sp³-hybridized carbons (Fsp3) is 0.462. The van der Waals surface area contributed by atoms with Crippen LogP contribution < -0.4 is 11.3 Å². The van der Waals surface area contributed by atoms with Crippen LogP contribution in [0, 0.1) is 17.7 Å². The van der Waals surface area contributed by atoms with Gasteiger partial charge in [0, 0.05) is 13.6 Å². The zero-order chi connectivity index (χ0) is 13.3. The monoisotopic (exact) mass is 251 g/mol. The largest absolute Gasteiger partial charge is 0.341 e. The maximum absolute atomic E-state index is 13.5. The fourth-order valence-electron chi connectivity index (χ4n) is 2.14. The minimum Gasteiger partial charge on any atom is -0.341 e. The molecule has 2 rings (SSSR count). The van der Waals surface area contributed by atoms with E-state index in [0.29, 0.717) is 18.4 Å². The third-order valence-electron chi connectivity index (χ3n) is 3.52. The number of hydrogen-bond donors (Lipinski definition) is 2. The average molecular weight is 251 g/mol. The molecule has 0 bridgehead atoms. The molecular weight excluding hydrogens is 233 g/mol. The summed E-state index contributed by atoms with van der Waals surface area (Å²) in [7, 11) is 1.73. The molecule has 0 heterocycles. The van der Waals surface area contributed by atoms with Crippen LogP contribution >= 0.6 is 0 Å². The summed E-state index contributed by atoms with van der Waals surface area (Å²) in [5.74, 6) is 5.79. The molecule has 1 saturated carbocycles. The van der Waals surface area contributed by atoms with Crippen molar-refractivity contribution in [2.45, 2.75) is 13.3 Å². The Labute approximate surface area is 106 Å². The van der Waals surface area contributed by atoms with Crippen LogP contribution in [0.2, 0.25) is 0 Å². The molecule has 98 valence electrons. The van der Waals surface area contributed by atoms with Gasteiger partial charge in [-0.2, -0.15) is 0 Å². The molecule has 1 aliphatic rings. The summed E-state index contributed by atoms with van der Waals surface area (Å²) in [5, 5.41) is 0. The lowest BCUT2D eigenvalue weighted by Crippen LogP contribution is -2.30. The van der Waals surface area contributed by atoms with Gasteiger partial charge in [0.2, 0.25) is 0 Å². The molecule has 1 aliphatic carbocycles. The van der Waals surface area contributed by atoms with Crippen molar-refractivity contribution in [2.75, 3.05) is 19.0 Å². The molecule has 3 N–H and O–H groups in total. The van der Waals surface area contributed by atoms with Gasteiger partial charge in [-0.3, -0.25) is 10.6 Å². The van der Waals surface area contributed by atoms with Crippen LogP contribution in [0.1, 0.15) is 23.7 Å². The number of hydrogen-bond acceptors (Lipinski definition) is 3. The maximum Gasteiger partial charge on any atom is 0.255 e. The number of carbonyl (C=O) groups is 1. The first-order valence-electron chi connectivity index (χ1n) is 6.05. The minimum absolute atomic E-state index is 0.0539. The first kappa shape index (κ1) is 12.8. The summed E-state index contributed by atoms with van der Waals surface area (Å²) in [5.41, 5.74) is 2.58. The highest BCUT2D eigenvalue weighted by molar-refractivity contribution is 5.99. The molecule has 2 atom stereocenters. The first-order chi connectivity index (χ1) is 8.54. The average Bonchev–Trinajstić information content (AvgIpc) is 3.03. The van der Waals surface area contributed by atoms with Gasteiger partial charge >= 0.3 is 0 Å². The third-order valence-corrected chi connectivity index (χ3v) is 3.52. The highest BCUT2D eigenvalue weighted by Crippen LogP contribution is 2.38. The highest BCUT2D eigenvalue weighted by atomic mass is 19.1. The smallest absolute Gasteiger partial charge is 0.255 e. The van der Waals surface area contributed by atoms with Crippen molar-refractivity contribution in [3.63, 3.8) is 0 Å². The van der Waals surface area contributed by atoms with Crippen LogP contribution in [0.3, 0.4) is 0 Å². The fourth-order valence-corrected chi connectivity index (χ4v) is 2.14. The third kappa shape index (κ3) is 2.46. The van der Waals surface area contributed by atoms with Crippen LogP contribution in [-0.4, -0.2) is 24.4 Å². The normalized spacial score (nSPS) is 21.6. The molecule has 0 saturated heterocycles. The molecule has 0 spiro atoms. The van der Waals surface area contributed by atoms with E-state index < -0.39 is 5.82 Å². The van der Waals surface area contributed by atoms with Crippen LogP contribution in [-0.2, 0) is 0 Å². The summed E-state index contributed by atoms with van der Waals surface area (Å²) in [4.78, 5) is 13.8. The molecule has 1 fully saturated rings. The van der Waals surface area contributed by atoms with E-state index >= 15 is 0 Å². The molecule has 1 aromatic rings. The van der Waals surface area contributed by atoms with Crippen LogP contribution in [0.5, 0.6) is 0 Å². The van der Waals surface area contributed by atoms with Crippen molar-refractivity contribution in [1.29, 1.82) is 0 Å². The van der Waals surface area contributed by atoms with E-state index in [2.05, 4.69) is 12.3 Å². The number of benzene rings is 1. The van der Waals surface area contributed by atoms with Gasteiger partial charge in [0.05, 0.1) is 11.3 Å². The standard InChI is InChI=1S/C13H18FN3O/c1-8-6-9(8)7-17(2)13(18)10-4-3-5-11(14)12(10)16-15/h3-5,8-9,16H,6-7,15H2,1-2H3. The second-order valence-corrected chi connectivity index (χ2v) is 4.97. The highest BCUT2D eigenvalue weighted by Gasteiger charge is 2.34. The lowest BCUT2D eigenvalue weighted by atomic mass is 10.1. The van der Waals surface area contributed by atoms with E-state index in [1.165, 1.54) is 12.1 Å². The lowest BCUT2D eigenvalue weighted by molar-refractivity contribution is 0.0787. The Kier molecular flexibility index (Phi) is 3.52. The number of carbonyl (C=O) groups excluding carboxylic acids is 1. The Bertz CT molecular complexity index is 464. The Balaban J connectivity index is 2.15. The summed E-state index contributed by atoms with van der Waals surface area (Å²) >= 11 is 0. The number of rotatable bonds is 4. The van der Waals surface area contributed by atoms with Crippen molar-refractivity contribution in [3.05, 3.63) is 29.6 Å². The van der Waals surface area contributed by atoms with E-state index in [4.69, 9.17) is 5.84 Å². The van der Waals surface area contributed by atoms with E-state index in [9.17, 15) is 9.18 Å². The van der Waals surface area contributed by atoms with Crippen molar-refractivity contribution in [1.82, 2.24) is 4.90 Å². The van der Waals surface area contributed by atoms with Crippen molar-refractivity contribution in [2.24, 2.45) is 17.7 Å². The van der Waals surface area contributed by atoms with E-state index in [1.54, 1.807) is 18.0 Å². The second-order valence-electron chi connectivity index (χ2n) is 4.97. The van der Waals surface area contributed by atoms with Crippen LogP contribution in [0.4, 0.5) is 10.1 Å². The summed E-state index contributed by atoms with van der Waals surface area (Å²) in [6.07, 6.45) is 1.16. The van der Waals surface area contributed by atoms with Gasteiger partial charge in [-0.05, 0) is 30.4 Å². The predicted molar refractivity (Wildman–Crippen MR) is 68.4 cm³/mol. The number of nitrogen functional groups attached to an aromatic ring is 1. The Morgan fingerprint density at radius 1 is 1.61 bits per heavy atom. The molecular formula is C13H18FN3O. The number of anilines is 1. The van der Waals surface area contributed by atoms with Gasteiger partial charge in [-0.1, -0.05) is 13.0 Å². The molecule has 1 amide bonds. The van der Waals surface area contributed by atoms with Crippen molar-refractivity contribution < 1.29 is 9.18 Å². The Hall–Kier alpha value is -1.62. The molecule has 18 heavy (non-hydrogen) atoms. The molecule has 0 radical (unpaired) electrons. The predicted octanol–water partition coefficient (Wildman–Crippen LogP) is 1.84. The van der Waals surface area contributed by atoms with Gasteiger partial charge in [0.25, 0.3) is 5.91 Å². The topological polar surface area (TPSA) is 58.4 Å². The van der Waals surface area contributed by atoms with Crippen molar-refractivity contribution in [3.8, 4) is 0 Å². The number of halogens is 1. The van der Waals surface area contributed by atoms with Crippen LogP contribution in [0.15, 0.2) is 18.2 Å². The molecule has 0 aliphatic heterocycles. The maximum atomic E-state index is 13.5. The van der Waals surface area contributed by atoms with Gasteiger partial charge in [-0.15, -0.1) is 0 Å². The SMILES string of the molecule is CC1CC1CN(C)C(=O)c1cccc(F)c1NN. The number of nitrogens with one attached hydrogen (secondary N) is 1. The molecule has 4 nitrogen and oxygen atoms in total. The number of para-hydroxylation sites is 1. The second kappa shape index (κ2) is 4.94. The van der Waals surface area contributed by atoms with Gasteiger partial charge in [0.15, 0.2) is 0 Å². The van der Waals surface area contributed by atoms with Gasteiger partial charge < -0.3 is 10.3 Å². The number of hydrazine groups is 1. The zero-order valence-corrected chi connectivity index (χ0v) is 10.6. The Morgan fingerprint density at radius 3 is 2.83 bits per heavy atom. The zero-order valence-electron chi connectivity index (χ0n) is 10.6. The van der Waals surface area contributed by atoms with Gasteiger partial charge in [0.1, 0.15) is 5.82 Å². The number of amides is 1. The summed E-state index contributed by atoms with van der Waals surface area (Å²) in [6.45, 7) is 2.87. The van der Waals surface area contributed by atoms with Gasteiger partial charge in [-0.25, -0.2) is 4.39 Å². The summed E-state index contributed by atoms with van der Waals surface area (Å²) in [6, 6.07) is 4.36. The first-order valence-corrected chi connectivity index (χ1v) is 6.05. The van der Waals surface area contributed by atoms with E-state index in [-0.39, 0.29) is 17.2 Å². The molecule has 1 aromatic carbocycles. The molecule has 0 aromatic heterocycles. The Morgan fingerprint density at radius 2 is 2.28 bits per heavy atom. The number of nitrogens with two attached hydrogens (primary N) is 1. The molecule has 5 heteroatoms. The lowest BCUT2D eigenvalue weighted by Gasteiger charge is -2.19. The van der Waals surface area contributed by atoms with Crippen molar-refractivity contribution >= 4 is 11.6 Å². The van der Waals surface area contributed by atoms with Crippen LogP contribution in [0.25, 0.3) is 0 Å². The summed E-state index contributed by atoms with van der Waals surface area (Å²) < 4.78 is 13.5. The molecule has 2 unspecified atom stereocenters. The quantitative estimate of drug-likeness (QED) is 0.634. The van der Waals surface area contributed by atoms with E-state index in [0.717, 1.165) is 6.42 Å². The van der Waals surface area contributed by atoms with E-state index in [1.807, 2.05) is 0 Å². The minimum atomic E-state index is -0.517. The number of nitrogens with zero attached hydrogens (tertiary/aromatic N) is 1.